The topological polar surface area (TPSA) is 55.3 Å². The van der Waals surface area contributed by atoms with Gasteiger partial charge in [0.15, 0.2) is 17.5 Å². The first-order valence-corrected chi connectivity index (χ1v) is 8.39. The first-order valence-electron chi connectivity index (χ1n) is 8.39. The molecule has 1 unspecified atom stereocenters. The number of methoxy groups -OCH3 is 2. The van der Waals surface area contributed by atoms with Crippen molar-refractivity contribution in [2.75, 3.05) is 47.6 Å². The van der Waals surface area contributed by atoms with Crippen LogP contribution in [0, 0.1) is 18.3 Å². The summed E-state index contributed by atoms with van der Waals surface area (Å²) in [5.74, 6) is 5.26. The zero-order valence-electron chi connectivity index (χ0n) is 15.2. The molecule has 1 N–H and O–H groups in total. The highest BCUT2D eigenvalue weighted by molar-refractivity contribution is 5.80. The van der Waals surface area contributed by atoms with Gasteiger partial charge in [-0.25, -0.2) is 0 Å². The van der Waals surface area contributed by atoms with Crippen molar-refractivity contribution in [3.63, 3.8) is 0 Å². The standard InChI is InChI=1S/C19H27N3O3/c1-5-10-25-18-11-15(6-7-17(18)24-4)12-21-19(20-2)22-9-8-16(13-22)14-23-3/h1,6-7,11,16H,8-10,12-14H2,2-4H3,(H,20,21). The number of nitrogens with one attached hydrogen (secondary N) is 1. The molecular weight excluding hydrogens is 318 g/mol. The van der Waals surface area contributed by atoms with Gasteiger partial charge in [0.25, 0.3) is 0 Å². The van der Waals surface area contributed by atoms with Gasteiger partial charge in [0.2, 0.25) is 0 Å². The number of aliphatic imine (C=N–C) groups is 1. The number of hydrogen-bond acceptors (Lipinski definition) is 4. The number of terminal acetylenes is 1. The molecule has 25 heavy (non-hydrogen) atoms. The van der Waals surface area contributed by atoms with Crippen molar-refractivity contribution in [3.8, 4) is 23.8 Å². The Morgan fingerprint density at radius 3 is 2.92 bits per heavy atom. The van der Waals surface area contributed by atoms with Crippen molar-refractivity contribution in [2.24, 2.45) is 10.9 Å². The first-order chi connectivity index (χ1) is 12.2. The van der Waals surface area contributed by atoms with E-state index in [2.05, 4.69) is 21.1 Å². The summed E-state index contributed by atoms with van der Waals surface area (Å²) in [6.45, 7) is 3.61. The van der Waals surface area contributed by atoms with Crippen LogP contribution in [-0.4, -0.2) is 58.4 Å². The third-order valence-electron chi connectivity index (χ3n) is 4.19. The van der Waals surface area contributed by atoms with Gasteiger partial charge in [-0.15, -0.1) is 6.42 Å². The highest BCUT2D eigenvalue weighted by atomic mass is 16.5. The van der Waals surface area contributed by atoms with Gasteiger partial charge >= 0.3 is 0 Å². The fourth-order valence-electron chi connectivity index (χ4n) is 2.97. The zero-order valence-corrected chi connectivity index (χ0v) is 15.2. The van der Waals surface area contributed by atoms with E-state index in [-0.39, 0.29) is 6.61 Å². The molecule has 2 rings (SSSR count). The van der Waals surface area contributed by atoms with Gasteiger partial charge in [-0.3, -0.25) is 4.99 Å². The van der Waals surface area contributed by atoms with Crippen LogP contribution in [0.25, 0.3) is 0 Å². The number of nitrogens with zero attached hydrogens (tertiary/aromatic N) is 2. The van der Waals surface area contributed by atoms with Crippen LogP contribution >= 0.6 is 0 Å². The van der Waals surface area contributed by atoms with Crippen LogP contribution in [0.3, 0.4) is 0 Å². The maximum atomic E-state index is 5.55. The maximum Gasteiger partial charge on any atom is 0.193 e. The molecule has 1 heterocycles. The monoisotopic (exact) mass is 345 g/mol. The molecule has 6 heteroatoms. The fraction of sp³-hybridized carbons (Fsp3) is 0.526. The van der Waals surface area contributed by atoms with Gasteiger partial charge in [-0.05, 0) is 24.1 Å². The van der Waals surface area contributed by atoms with E-state index in [1.807, 2.05) is 25.2 Å². The van der Waals surface area contributed by atoms with Crippen molar-refractivity contribution in [2.45, 2.75) is 13.0 Å². The molecule has 0 radical (unpaired) electrons. The van der Waals surface area contributed by atoms with Crippen molar-refractivity contribution < 1.29 is 14.2 Å². The minimum atomic E-state index is 0.212. The number of rotatable bonds is 7. The molecule has 0 aromatic heterocycles. The summed E-state index contributed by atoms with van der Waals surface area (Å²) >= 11 is 0. The molecular formula is C19H27N3O3. The average Bonchev–Trinajstić information content (AvgIpc) is 3.09. The van der Waals surface area contributed by atoms with Crippen LogP contribution in [0.1, 0.15) is 12.0 Å². The summed E-state index contributed by atoms with van der Waals surface area (Å²) in [6, 6.07) is 5.82. The van der Waals surface area contributed by atoms with Gasteiger partial charge in [-0.1, -0.05) is 12.0 Å². The Kier molecular flexibility index (Phi) is 7.42. The lowest BCUT2D eigenvalue weighted by molar-refractivity contribution is 0.157. The van der Waals surface area contributed by atoms with Crippen molar-refractivity contribution in [1.29, 1.82) is 0 Å². The van der Waals surface area contributed by atoms with Crippen LogP contribution in [-0.2, 0) is 11.3 Å². The Balaban J connectivity index is 1.96. The normalized spacial score (nSPS) is 17.3. The van der Waals surface area contributed by atoms with E-state index in [9.17, 15) is 0 Å². The van der Waals surface area contributed by atoms with Crippen LogP contribution in [0.5, 0.6) is 11.5 Å². The number of guanidine groups is 1. The van der Waals surface area contributed by atoms with E-state index < -0.39 is 0 Å². The van der Waals surface area contributed by atoms with Gasteiger partial charge in [0.05, 0.1) is 13.7 Å². The lowest BCUT2D eigenvalue weighted by Gasteiger charge is -2.22. The van der Waals surface area contributed by atoms with Crippen molar-refractivity contribution in [1.82, 2.24) is 10.2 Å². The summed E-state index contributed by atoms with van der Waals surface area (Å²) in [5.41, 5.74) is 1.07. The Labute approximate surface area is 150 Å². The summed E-state index contributed by atoms with van der Waals surface area (Å²) in [7, 11) is 5.17. The second-order valence-electron chi connectivity index (χ2n) is 5.93. The molecule has 6 nitrogen and oxygen atoms in total. The lowest BCUT2D eigenvalue weighted by atomic mass is 10.1. The van der Waals surface area contributed by atoms with E-state index in [0.717, 1.165) is 37.6 Å². The summed E-state index contributed by atoms with van der Waals surface area (Å²) < 4.78 is 16.1. The number of hydrogen-bond donors (Lipinski definition) is 1. The van der Waals surface area contributed by atoms with E-state index in [1.165, 1.54) is 0 Å². The van der Waals surface area contributed by atoms with Crippen LogP contribution in [0.4, 0.5) is 0 Å². The van der Waals surface area contributed by atoms with E-state index in [4.69, 9.17) is 20.6 Å². The molecule has 136 valence electrons. The minimum absolute atomic E-state index is 0.212. The summed E-state index contributed by atoms with van der Waals surface area (Å²) in [5, 5.41) is 3.41. The smallest absolute Gasteiger partial charge is 0.193 e. The third-order valence-corrected chi connectivity index (χ3v) is 4.19. The Morgan fingerprint density at radius 2 is 2.24 bits per heavy atom. The van der Waals surface area contributed by atoms with Crippen LogP contribution in [0.15, 0.2) is 23.2 Å². The Hall–Kier alpha value is -2.39. The predicted octanol–water partition coefficient (Wildman–Crippen LogP) is 1.75. The Morgan fingerprint density at radius 1 is 1.40 bits per heavy atom. The number of likely N-dealkylation sites (tertiary alicyclic amines) is 1. The number of ether oxygens (including phenoxy) is 3. The molecule has 0 aliphatic carbocycles. The molecule has 1 aliphatic heterocycles. The zero-order chi connectivity index (χ0) is 18.1. The van der Waals surface area contributed by atoms with E-state index in [0.29, 0.717) is 24.0 Å². The van der Waals surface area contributed by atoms with Gasteiger partial charge in [0.1, 0.15) is 6.61 Å². The summed E-state index contributed by atoms with van der Waals surface area (Å²) in [4.78, 5) is 6.66. The molecule has 1 aliphatic rings. The maximum absolute atomic E-state index is 5.55. The molecule has 0 saturated carbocycles. The molecule has 0 bridgehead atoms. The van der Waals surface area contributed by atoms with Crippen LogP contribution in [0.2, 0.25) is 0 Å². The van der Waals surface area contributed by atoms with Gasteiger partial charge in [-0.2, -0.15) is 0 Å². The third kappa shape index (κ3) is 5.30. The first kappa shape index (κ1) is 18.9. The largest absolute Gasteiger partial charge is 0.493 e. The second kappa shape index (κ2) is 9.80. The summed E-state index contributed by atoms with van der Waals surface area (Å²) in [6.07, 6.45) is 6.39. The second-order valence-corrected chi connectivity index (χ2v) is 5.93. The SMILES string of the molecule is C#CCOc1cc(CNC(=NC)N2CCC(COC)C2)ccc1OC. The van der Waals surface area contributed by atoms with Crippen molar-refractivity contribution in [3.05, 3.63) is 23.8 Å². The highest BCUT2D eigenvalue weighted by Crippen LogP contribution is 2.28. The molecule has 1 atom stereocenters. The predicted molar refractivity (Wildman–Crippen MR) is 99.1 cm³/mol. The molecule has 1 fully saturated rings. The number of benzene rings is 1. The minimum Gasteiger partial charge on any atom is -0.493 e. The quantitative estimate of drug-likeness (QED) is 0.464. The molecule has 1 aromatic rings. The van der Waals surface area contributed by atoms with E-state index >= 15 is 0 Å². The molecule has 1 aromatic carbocycles. The molecule has 1 saturated heterocycles. The van der Waals surface area contributed by atoms with Gasteiger partial charge in [0, 0.05) is 39.7 Å². The van der Waals surface area contributed by atoms with E-state index in [1.54, 1.807) is 14.2 Å². The van der Waals surface area contributed by atoms with Crippen LogP contribution < -0.4 is 14.8 Å². The fourth-order valence-corrected chi connectivity index (χ4v) is 2.97. The molecule has 0 amide bonds. The lowest BCUT2D eigenvalue weighted by Crippen LogP contribution is -2.39. The van der Waals surface area contributed by atoms with Gasteiger partial charge < -0.3 is 24.4 Å². The highest BCUT2D eigenvalue weighted by Gasteiger charge is 2.24. The average molecular weight is 345 g/mol. The molecule has 0 spiro atoms. The Bertz CT molecular complexity index is 625. The van der Waals surface area contributed by atoms with Crippen molar-refractivity contribution >= 4 is 5.96 Å².